The molecule has 122 valence electrons. The van der Waals surface area contributed by atoms with E-state index in [1.165, 1.54) is 5.56 Å². The Morgan fingerprint density at radius 1 is 1.21 bits per heavy atom. The van der Waals surface area contributed by atoms with Crippen LogP contribution in [0.5, 0.6) is 0 Å². The van der Waals surface area contributed by atoms with Crippen molar-refractivity contribution in [3.8, 4) is 0 Å². The van der Waals surface area contributed by atoms with E-state index in [1.807, 2.05) is 49.4 Å². The molecule has 0 aliphatic heterocycles. The van der Waals surface area contributed by atoms with Crippen LogP contribution in [0.4, 0.5) is 0 Å². The number of aromatic nitrogens is 1. The SMILES string of the molecule is CCOC(=O)c1ccc2c(c1)c(C)cn2Cc1ccc(BO)cc1. The lowest BCUT2D eigenvalue weighted by Crippen LogP contribution is -2.12. The number of ether oxygens (including phenoxy) is 1. The van der Waals surface area contributed by atoms with Gasteiger partial charge in [0.05, 0.1) is 12.2 Å². The lowest BCUT2D eigenvalue weighted by molar-refractivity contribution is 0.0526. The minimum atomic E-state index is -0.286. The molecule has 1 N–H and O–H groups in total. The summed E-state index contributed by atoms with van der Waals surface area (Å²) < 4.78 is 7.25. The van der Waals surface area contributed by atoms with E-state index in [2.05, 4.69) is 10.8 Å². The van der Waals surface area contributed by atoms with Crippen LogP contribution >= 0.6 is 0 Å². The Labute approximate surface area is 142 Å². The first-order chi connectivity index (χ1) is 11.6. The van der Waals surface area contributed by atoms with Gasteiger partial charge in [-0.1, -0.05) is 29.7 Å². The molecule has 0 unspecified atom stereocenters. The van der Waals surface area contributed by atoms with Crippen LogP contribution in [0.25, 0.3) is 10.9 Å². The average molecular weight is 321 g/mol. The molecule has 0 aliphatic carbocycles. The predicted octanol–water partition coefficient (Wildman–Crippen LogP) is 2.14. The van der Waals surface area contributed by atoms with Crippen molar-refractivity contribution >= 4 is 29.8 Å². The number of carbonyl (C=O) groups is 1. The summed E-state index contributed by atoms with van der Waals surface area (Å²) in [6, 6.07) is 13.6. The lowest BCUT2D eigenvalue weighted by atomic mass is 9.88. The number of nitrogens with zero attached hydrogens (tertiary/aromatic N) is 1. The second-order valence-electron chi connectivity index (χ2n) is 5.87. The standard InChI is InChI=1S/C19H20BNO3/c1-3-24-19(22)15-6-9-18-17(10-15)13(2)11-21(18)12-14-4-7-16(20-23)8-5-14/h4-11,20,23H,3,12H2,1-2H3. The molecule has 0 amide bonds. The van der Waals surface area contributed by atoms with Crippen molar-refractivity contribution in [1.82, 2.24) is 4.57 Å². The Bertz CT molecular complexity index is 868. The highest BCUT2D eigenvalue weighted by molar-refractivity contribution is 6.45. The molecule has 4 nitrogen and oxygen atoms in total. The molecule has 2 aromatic carbocycles. The molecule has 3 rings (SSSR count). The fraction of sp³-hybridized carbons (Fsp3) is 0.211. The number of benzene rings is 2. The van der Waals surface area contributed by atoms with Gasteiger partial charge in [0.15, 0.2) is 0 Å². The molecule has 1 heterocycles. The highest BCUT2D eigenvalue weighted by Crippen LogP contribution is 2.23. The molecular weight excluding hydrogens is 301 g/mol. The van der Waals surface area contributed by atoms with Crippen LogP contribution in [0.2, 0.25) is 0 Å². The number of fused-ring (bicyclic) bond motifs is 1. The van der Waals surface area contributed by atoms with Crippen molar-refractivity contribution in [1.29, 1.82) is 0 Å². The van der Waals surface area contributed by atoms with Gasteiger partial charge in [0.1, 0.15) is 0 Å². The van der Waals surface area contributed by atoms with Gasteiger partial charge < -0.3 is 14.3 Å². The van der Waals surface area contributed by atoms with Crippen LogP contribution in [0, 0.1) is 6.92 Å². The van der Waals surface area contributed by atoms with E-state index in [4.69, 9.17) is 9.76 Å². The number of hydrogen-bond donors (Lipinski definition) is 1. The largest absolute Gasteiger partial charge is 0.462 e. The van der Waals surface area contributed by atoms with E-state index < -0.39 is 0 Å². The smallest absolute Gasteiger partial charge is 0.338 e. The Hall–Kier alpha value is -2.53. The normalized spacial score (nSPS) is 10.8. The van der Waals surface area contributed by atoms with E-state index in [0.717, 1.165) is 28.5 Å². The first kappa shape index (κ1) is 16.3. The van der Waals surface area contributed by atoms with Crippen molar-refractivity contribution in [2.75, 3.05) is 6.61 Å². The monoisotopic (exact) mass is 321 g/mol. The molecule has 0 radical (unpaired) electrons. The predicted molar refractivity (Wildman–Crippen MR) is 97.2 cm³/mol. The maximum atomic E-state index is 11.9. The number of carbonyl (C=O) groups excluding carboxylic acids is 1. The summed E-state index contributed by atoms with van der Waals surface area (Å²) in [5, 5.41) is 10.2. The molecule has 0 atom stereocenters. The Morgan fingerprint density at radius 3 is 2.62 bits per heavy atom. The third-order valence-electron chi connectivity index (χ3n) is 4.15. The summed E-state index contributed by atoms with van der Waals surface area (Å²) in [5.41, 5.74) is 4.87. The van der Waals surface area contributed by atoms with Gasteiger partial charge in [-0.3, -0.25) is 0 Å². The fourth-order valence-electron chi connectivity index (χ4n) is 2.89. The summed E-state index contributed by atoms with van der Waals surface area (Å²) in [6.45, 7) is 4.97. The second-order valence-corrected chi connectivity index (χ2v) is 5.87. The summed E-state index contributed by atoms with van der Waals surface area (Å²) in [6.07, 6.45) is 2.10. The van der Waals surface area contributed by atoms with Crippen molar-refractivity contribution in [2.24, 2.45) is 0 Å². The molecule has 0 saturated carbocycles. The molecule has 0 fully saturated rings. The zero-order valence-corrected chi connectivity index (χ0v) is 14.0. The maximum Gasteiger partial charge on any atom is 0.338 e. The van der Waals surface area contributed by atoms with Crippen molar-refractivity contribution in [3.63, 3.8) is 0 Å². The van der Waals surface area contributed by atoms with Crippen molar-refractivity contribution in [3.05, 3.63) is 65.4 Å². The van der Waals surface area contributed by atoms with E-state index in [1.54, 1.807) is 6.92 Å². The molecule has 1 aromatic heterocycles. The molecule has 0 aliphatic rings. The number of hydrogen-bond acceptors (Lipinski definition) is 3. The topological polar surface area (TPSA) is 51.5 Å². The minimum Gasteiger partial charge on any atom is -0.462 e. The second kappa shape index (κ2) is 6.93. The molecular formula is C19H20BNO3. The third kappa shape index (κ3) is 3.21. The fourth-order valence-corrected chi connectivity index (χ4v) is 2.89. The summed E-state index contributed by atoms with van der Waals surface area (Å²) in [7, 11) is 0.0580. The van der Waals surface area contributed by atoms with Gasteiger partial charge in [-0.25, -0.2) is 4.79 Å². The number of esters is 1. The summed E-state index contributed by atoms with van der Waals surface area (Å²) in [5.74, 6) is -0.286. The van der Waals surface area contributed by atoms with Crippen LogP contribution in [0.1, 0.15) is 28.4 Å². The van der Waals surface area contributed by atoms with E-state index in [-0.39, 0.29) is 13.5 Å². The number of aryl methyl sites for hydroxylation is 1. The van der Waals surface area contributed by atoms with Crippen LogP contribution < -0.4 is 5.46 Å². The van der Waals surface area contributed by atoms with Gasteiger partial charge >= 0.3 is 13.5 Å². The van der Waals surface area contributed by atoms with E-state index in [0.29, 0.717) is 12.2 Å². The van der Waals surface area contributed by atoms with Gasteiger partial charge in [0.25, 0.3) is 0 Å². The van der Waals surface area contributed by atoms with Crippen molar-refractivity contribution in [2.45, 2.75) is 20.4 Å². The van der Waals surface area contributed by atoms with E-state index in [9.17, 15) is 4.79 Å². The Balaban J connectivity index is 1.92. The molecule has 5 heteroatoms. The zero-order chi connectivity index (χ0) is 17.1. The van der Waals surface area contributed by atoms with Gasteiger partial charge in [0.2, 0.25) is 0 Å². The molecule has 0 saturated heterocycles. The van der Waals surface area contributed by atoms with Crippen LogP contribution in [-0.2, 0) is 11.3 Å². The zero-order valence-electron chi connectivity index (χ0n) is 14.0. The first-order valence-corrected chi connectivity index (χ1v) is 8.07. The van der Waals surface area contributed by atoms with E-state index >= 15 is 0 Å². The van der Waals surface area contributed by atoms with Gasteiger partial charge in [-0.2, -0.15) is 0 Å². The van der Waals surface area contributed by atoms with Gasteiger partial charge in [-0.15, -0.1) is 0 Å². The third-order valence-corrected chi connectivity index (χ3v) is 4.15. The highest BCUT2D eigenvalue weighted by atomic mass is 16.5. The number of rotatable bonds is 5. The summed E-state index contributed by atoms with van der Waals surface area (Å²) in [4.78, 5) is 11.9. The molecule has 0 spiro atoms. The quantitative estimate of drug-likeness (QED) is 0.579. The van der Waals surface area contributed by atoms with Crippen LogP contribution in [-0.4, -0.2) is 29.6 Å². The van der Waals surface area contributed by atoms with Crippen molar-refractivity contribution < 1.29 is 14.6 Å². The van der Waals surface area contributed by atoms with Crippen LogP contribution in [0.3, 0.4) is 0 Å². The average Bonchev–Trinajstić information content (AvgIpc) is 2.91. The van der Waals surface area contributed by atoms with Crippen LogP contribution in [0.15, 0.2) is 48.7 Å². The summed E-state index contributed by atoms with van der Waals surface area (Å²) >= 11 is 0. The highest BCUT2D eigenvalue weighted by Gasteiger charge is 2.11. The maximum absolute atomic E-state index is 11.9. The minimum absolute atomic E-state index is 0.0580. The first-order valence-electron chi connectivity index (χ1n) is 8.07. The molecule has 24 heavy (non-hydrogen) atoms. The Kier molecular flexibility index (Phi) is 4.72. The molecule has 0 bridgehead atoms. The van der Waals surface area contributed by atoms with Gasteiger partial charge in [-0.05, 0) is 43.2 Å². The van der Waals surface area contributed by atoms with Gasteiger partial charge in [0, 0.05) is 23.6 Å². The molecule has 3 aromatic rings. The lowest BCUT2D eigenvalue weighted by Gasteiger charge is -2.07. The Morgan fingerprint density at radius 2 is 1.96 bits per heavy atom.